The third kappa shape index (κ3) is 1.25. The molecule has 10 heavy (non-hydrogen) atoms. The highest BCUT2D eigenvalue weighted by molar-refractivity contribution is 4.99. The second-order valence-corrected chi connectivity index (χ2v) is 2.34. The fourth-order valence-electron chi connectivity index (χ4n) is 0.991. The van der Waals surface area contributed by atoms with E-state index in [0.29, 0.717) is 0 Å². The molecule has 0 aromatic heterocycles. The molecular weight excluding hydrogens is 143 g/mol. The predicted octanol–water partition coefficient (Wildman–Crippen LogP) is 1.77. The Bertz CT molecular complexity index is 150. The van der Waals surface area contributed by atoms with Gasteiger partial charge >= 0.3 is 6.18 Å². The van der Waals surface area contributed by atoms with Crippen molar-refractivity contribution in [3.05, 3.63) is 12.3 Å². The van der Waals surface area contributed by atoms with Crippen LogP contribution >= 0.6 is 0 Å². The summed E-state index contributed by atoms with van der Waals surface area (Å²) in [6.45, 7) is 0. The first kappa shape index (κ1) is 7.44. The molecule has 1 rings (SSSR count). The highest BCUT2D eigenvalue weighted by Crippen LogP contribution is 2.29. The molecule has 0 aromatic carbocycles. The summed E-state index contributed by atoms with van der Waals surface area (Å²) < 4.78 is 35.8. The Morgan fingerprint density at radius 1 is 1.50 bits per heavy atom. The molecule has 0 spiro atoms. The van der Waals surface area contributed by atoms with E-state index in [1.165, 1.54) is 24.2 Å². The fraction of sp³-hybridized carbons (Fsp3) is 0.667. The number of rotatable bonds is 0. The van der Waals surface area contributed by atoms with Gasteiger partial charge in [-0.15, -0.1) is 0 Å². The molecule has 1 atom stereocenters. The molecule has 0 bridgehead atoms. The van der Waals surface area contributed by atoms with Crippen molar-refractivity contribution in [1.29, 1.82) is 0 Å². The van der Waals surface area contributed by atoms with Crippen LogP contribution in [0.4, 0.5) is 13.2 Å². The van der Waals surface area contributed by atoms with Crippen molar-refractivity contribution in [3.63, 3.8) is 0 Å². The van der Waals surface area contributed by atoms with Crippen LogP contribution in [-0.2, 0) is 0 Å². The van der Waals surface area contributed by atoms with Gasteiger partial charge in [0, 0.05) is 7.05 Å². The normalized spacial score (nSPS) is 26.0. The minimum Gasteiger partial charge on any atom is -0.369 e. The van der Waals surface area contributed by atoms with Crippen LogP contribution < -0.4 is 0 Å². The molecule has 1 unspecified atom stereocenters. The average molecular weight is 151 g/mol. The van der Waals surface area contributed by atoms with E-state index in [1.54, 1.807) is 0 Å². The maximum absolute atomic E-state index is 11.9. The van der Waals surface area contributed by atoms with Gasteiger partial charge < -0.3 is 4.90 Å². The van der Waals surface area contributed by atoms with Crippen LogP contribution in [0, 0.1) is 0 Å². The van der Waals surface area contributed by atoms with Crippen LogP contribution in [0.5, 0.6) is 0 Å². The smallest absolute Gasteiger partial charge is 0.369 e. The summed E-state index contributed by atoms with van der Waals surface area (Å²) in [5, 5.41) is 0. The minimum atomic E-state index is -4.09. The van der Waals surface area contributed by atoms with E-state index in [2.05, 4.69) is 0 Å². The Morgan fingerprint density at radius 3 is 2.30 bits per heavy atom. The second kappa shape index (κ2) is 2.18. The fourth-order valence-corrected chi connectivity index (χ4v) is 0.991. The lowest BCUT2D eigenvalue weighted by Gasteiger charge is -2.22. The molecule has 1 heterocycles. The molecule has 0 aliphatic carbocycles. The molecule has 58 valence electrons. The maximum Gasteiger partial charge on any atom is 0.409 e. The lowest BCUT2D eigenvalue weighted by atomic mass is 10.2. The van der Waals surface area contributed by atoms with E-state index < -0.39 is 12.2 Å². The largest absolute Gasteiger partial charge is 0.409 e. The quantitative estimate of drug-likeness (QED) is 0.510. The van der Waals surface area contributed by atoms with Gasteiger partial charge in [-0.3, -0.25) is 0 Å². The zero-order valence-corrected chi connectivity index (χ0v) is 5.52. The molecule has 1 nitrogen and oxygen atoms in total. The van der Waals surface area contributed by atoms with E-state index in [1.807, 2.05) is 0 Å². The van der Waals surface area contributed by atoms with E-state index in [4.69, 9.17) is 0 Å². The van der Waals surface area contributed by atoms with Gasteiger partial charge in [-0.05, 0) is 12.6 Å². The average Bonchev–Trinajstić information content (AvgIpc) is 2.11. The van der Waals surface area contributed by atoms with Crippen molar-refractivity contribution < 1.29 is 13.2 Å². The Hall–Kier alpha value is -0.670. The van der Waals surface area contributed by atoms with E-state index in [9.17, 15) is 13.2 Å². The zero-order chi connectivity index (χ0) is 7.78. The van der Waals surface area contributed by atoms with Gasteiger partial charge in [-0.2, -0.15) is 13.2 Å². The second-order valence-electron chi connectivity index (χ2n) is 2.34. The Labute approximate surface area is 57.1 Å². The molecule has 0 saturated carbocycles. The topological polar surface area (TPSA) is 3.24 Å². The molecule has 1 aliphatic heterocycles. The van der Waals surface area contributed by atoms with E-state index in [0.717, 1.165) is 0 Å². The van der Waals surface area contributed by atoms with Crippen LogP contribution in [-0.4, -0.2) is 24.2 Å². The van der Waals surface area contributed by atoms with Crippen molar-refractivity contribution in [2.75, 3.05) is 7.05 Å². The first-order valence-electron chi connectivity index (χ1n) is 2.97. The van der Waals surface area contributed by atoms with Gasteiger partial charge in [0.15, 0.2) is 0 Å². The summed E-state index contributed by atoms with van der Waals surface area (Å²) >= 11 is 0. The highest BCUT2D eigenvalue weighted by Gasteiger charge is 2.42. The third-order valence-electron chi connectivity index (χ3n) is 1.57. The van der Waals surface area contributed by atoms with Crippen LogP contribution in [0.3, 0.4) is 0 Å². The number of alkyl halides is 3. The van der Waals surface area contributed by atoms with E-state index >= 15 is 0 Å². The molecule has 0 N–H and O–H groups in total. The van der Waals surface area contributed by atoms with Crippen molar-refractivity contribution in [2.45, 2.75) is 18.6 Å². The molecule has 0 amide bonds. The number of halogens is 3. The first-order chi connectivity index (χ1) is 4.52. The van der Waals surface area contributed by atoms with Crippen LogP contribution in [0.1, 0.15) is 6.42 Å². The molecule has 0 aromatic rings. The van der Waals surface area contributed by atoms with Crippen molar-refractivity contribution in [2.24, 2.45) is 0 Å². The maximum atomic E-state index is 11.9. The van der Waals surface area contributed by atoms with Gasteiger partial charge in [0.25, 0.3) is 0 Å². The van der Waals surface area contributed by atoms with Crippen molar-refractivity contribution in [1.82, 2.24) is 4.90 Å². The number of nitrogens with zero attached hydrogens (tertiary/aromatic N) is 1. The molecule has 0 saturated heterocycles. The molecular formula is C6H8F3N. The van der Waals surface area contributed by atoms with Gasteiger partial charge in [-0.1, -0.05) is 6.08 Å². The standard InChI is InChI=1S/C6H8F3N/c1-10-4-2-3-5(10)6(7,8)9/h2,4-5H,3H2,1H3. The van der Waals surface area contributed by atoms with Crippen LogP contribution in [0.25, 0.3) is 0 Å². The summed E-state index contributed by atoms with van der Waals surface area (Å²) in [6, 6.07) is -1.30. The summed E-state index contributed by atoms with van der Waals surface area (Å²) in [5.74, 6) is 0. The Kier molecular flexibility index (Phi) is 1.62. The SMILES string of the molecule is CN1C=CCC1C(F)(F)F. The number of hydrogen-bond donors (Lipinski definition) is 0. The van der Waals surface area contributed by atoms with Gasteiger partial charge in [0.05, 0.1) is 0 Å². The van der Waals surface area contributed by atoms with E-state index in [-0.39, 0.29) is 6.42 Å². The minimum absolute atomic E-state index is 0.0833. The molecule has 0 fully saturated rings. The summed E-state index contributed by atoms with van der Waals surface area (Å²) in [4.78, 5) is 1.18. The number of hydrogen-bond acceptors (Lipinski definition) is 1. The first-order valence-corrected chi connectivity index (χ1v) is 2.97. The summed E-state index contributed by atoms with van der Waals surface area (Å²) in [6.07, 6.45) is -1.02. The third-order valence-corrected chi connectivity index (χ3v) is 1.57. The highest BCUT2D eigenvalue weighted by atomic mass is 19.4. The van der Waals surface area contributed by atoms with Gasteiger partial charge in [0.2, 0.25) is 0 Å². The lowest BCUT2D eigenvalue weighted by Crippen LogP contribution is -2.37. The lowest BCUT2D eigenvalue weighted by molar-refractivity contribution is -0.170. The van der Waals surface area contributed by atoms with Gasteiger partial charge in [0.1, 0.15) is 6.04 Å². The summed E-state index contributed by atoms with van der Waals surface area (Å²) in [5.41, 5.74) is 0. The zero-order valence-electron chi connectivity index (χ0n) is 5.52. The monoisotopic (exact) mass is 151 g/mol. The van der Waals surface area contributed by atoms with Crippen LogP contribution in [0.2, 0.25) is 0 Å². The summed E-state index contributed by atoms with van der Waals surface area (Å²) in [7, 11) is 1.43. The Morgan fingerprint density at radius 2 is 2.10 bits per heavy atom. The van der Waals surface area contributed by atoms with Crippen LogP contribution in [0.15, 0.2) is 12.3 Å². The predicted molar refractivity (Wildman–Crippen MR) is 31.4 cm³/mol. The molecule has 1 aliphatic rings. The molecule has 4 heteroatoms. The Balaban J connectivity index is 2.60. The van der Waals surface area contributed by atoms with Crippen molar-refractivity contribution in [3.8, 4) is 0 Å². The van der Waals surface area contributed by atoms with Crippen molar-refractivity contribution >= 4 is 0 Å². The van der Waals surface area contributed by atoms with Gasteiger partial charge in [-0.25, -0.2) is 0 Å². The molecule has 0 radical (unpaired) electrons.